The summed E-state index contributed by atoms with van der Waals surface area (Å²) < 4.78 is 6.01. The average Bonchev–Trinajstić information content (AvgIpc) is 2.45. The van der Waals surface area contributed by atoms with Gasteiger partial charge in [0.1, 0.15) is 17.4 Å². The van der Waals surface area contributed by atoms with Gasteiger partial charge in [0, 0.05) is 13.5 Å². The lowest BCUT2D eigenvalue weighted by molar-refractivity contribution is 0.451. The van der Waals surface area contributed by atoms with Crippen molar-refractivity contribution in [1.29, 1.82) is 0 Å². The number of aromatic nitrogens is 2. The van der Waals surface area contributed by atoms with Gasteiger partial charge in [0.2, 0.25) is 5.88 Å². The molecule has 0 saturated heterocycles. The van der Waals surface area contributed by atoms with Crippen LogP contribution in [0.25, 0.3) is 0 Å². The van der Waals surface area contributed by atoms with Crippen LogP contribution in [0.4, 0.5) is 5.82 Å². The Bertz CT molecular complexity index is 623. The SMILES string of the molecule is CCc1nc(NC)c(C)c(Oc2cccc(C)c2C)n1. The van der Waals surface area contributed by atoms with Gasteiger partial charge in [0.15, 0.2) is 0 Å². The molecule has 0 aliphatic rings. The van der Waals surface area contributed by atoms with Gasteiger partial charge in [-0.1, -0.05) is 19.1 Å². The molecule has 0 amide bonds. The molecule has 4 nitrogen and oxygen atoms in total. The van der Waals surface area contributed by atoms with Crippen molar-refractivity contribution in [2.24, 2.45) is 0 Å². The van der Waals surface area contributed by atoms with Crippen molar-refractivity contribution in [1.82, 2.24) is 9.97 Å². The number of nitrogens with zero attached hydrogens (tertiary/aromatic N) is 2. The molecule has 0 aliphatic heterocycles. The molecule has 2 rings (SSSR count). The zero-order chi connectivity index (χ0) is 14.7. The van der Waals surface area contributed by atoms with Crippen LogP contribution in [0.15, 0.2) is 18.2 Å². The molecule has 2 aromatic rings. The Morgan fingerprint density at radius 2 is 1.85 bits per heavy atom. The Morgan fingerprint density at radius 1 is 1.10 bits per heavy atom. The van der Waals surface area contributed by atoms with Crippen LogP contribution >= 0.6 is 0 Å². The van der Waals surface area contributed by atoms with E-state index in [4.69, 9.17) is 4.74 Å². The number of rotatable bonds is 4. The van der Waals surface area contributed by atoms with E-state index in [2.05, 4.69) is 35.2 Å². The highest BCUT2D eigenvalue weighted by Gasteiger charge is 2.12. The lowest BCUT2D eigenvalue weighted by atomic mass is 10.1. The van der Waals surface area contributed by atoms with Crippen molar-refractivity contribution in [3.63, 3.8) is 0 Å². The quantitative estimate of drug-likeness (QED) is 0.918. The molecule has 20 heavy (non-hydrogen) atoms. The third-order valence-corrected chi connectivity index (χ3v) is 3.46. The standard InChI is InChI=1S/C16H21N3O/c1-6-14-18-15(17-5)12(4)16(19-14)20-13-9-7-8-10(2)11(13)3/h7-9H,6H2,1-5H3,(H,17,18,19). The van der Waals surface area contributed by atoms with Crippen molar-refractivity contribution in [2.75, 3.05) is 12.4 Å². The van der Waals surface area contributed by atoms with Gasteiger partial charge < -0.3 is 10.1 Å². The van der Waals surface area contributed by atoms with Gasteiger partial charge in [-0.25, -0.2) is 4.98 Å². The molecule has 0 radical (unpaired) electrons. The zero-order valence-electron chi connectivity index (χ0n) is 12.7. The molecule has 1 heterocycles. The molecule has 0 aliphatic carbocycles. The Kier molecular flexibility index (Phi) is 4.23. The van der Waals surface area contributed by atoms with E-state index < -0.39 is 0 Å². The third kappa shape index (κ3) is 2.74. The van der Waals surface area contributed by atoms with Crippen LogP contribution in [0.3, 0.4) is 0 Å². The maximum Gasteiger partial charge on any atom is 0.227 e. The second-order valence-corrected chi connectivity index (χ2v) is 4.82. The van der Waals surface area contributed by atoms with E-state index in [0.29, 0.717) is 5.88 Å². The maximum atomic E-state index is 6.01. The van der Waals surface area contributed by atoms with Crippen molar-refractivity contribution >= 4 is 5.82 Å². The van der Waals surface area contributed by atoms with E-state index in [0.717, 1.165) is 34.9 Å². The fourth-order valence-corrected chi connectivity index (χ4v) is 1.98. The molecule has 0 unspecified atom stereocenters. The number of aryl methyl sites for hydroxylation is 2. The minimum absolute atomic E-state index is 0.620. The normalized spacial score (nSPS) is 10.4. The number of ether oxygens (including phenoxy) is 1. The Hall–Kier alpha value is -2.10. The van der Waals surface area contributed by atoms with E-state index in [-0.39, 0.29) is 0 Å². The molecule has 0 fully saturated rings. The predicted molar refractivity (Wildman–Crippen MR) is 81.7 cm³/mol. The molecule has 4 heteroatoms. The van der Waals surface area contributed by atoms with Crippen LogP contribution < -0.4 is 10.1 Å². The molecule has 106 valence electrons. The highest BCUT2D eigenvalue weighted by atomic mass is 16.5. The molecule has 0 atom stereocenters. The molecule has 1 aromatic heterocycles. The van der Waals surface area contributed by atoms with Crippen LogP contribution in [0.2, 0.25) is 0 Å². The smallest absolute Gasteiger partial charge is 0.227 e. The van der Waals surface area contributed by atoms with Crippen LogP contribution in [0, 0.1) is 20.8 Å². The summed E-state index contributed by atoms with van der Waals surface area (Å²) in [6.45, 7) is 8.13. The number of hydrogen-bond donors (Lipinski definition) is 1. The summed E-state index contributed by atoms with van der Waals surface area (Å²) in [6, 6.07) is 6.04. The fraction of sp³-hybridized carbons (Fsp3) is 0.375. The number of anilines is 1. The lowest BCUT2D eigenvalue weighted by Gasteiger charge is -2.14. The van der Waals surface area contributed by atoms with Crippen molar-refractivity contribution in [3.05, 3.63) is 40.7 Å². The predicted octanol–water partition coefficient (Wildman–Crippen LogP) is 3.80. The van der Waals surface area contributed by atoms with Gasteiger partial charge in [-0.05, 0) is 38.0 Å². The summed E-state index contributed by atoms with van der Waals surface area (Å²) in [7, 11) is 1.86. The second kappa shape index (κ2) is 5.90. The van der Waals surface area contributed by atoms with Gasteiger partial charge in [-0.3, -0.25) is 0 Å². The fourth-order valence-electron chi connectivity index (χ4n) is 1.98. The summed E-state index contributed by atoms with van der Waals surface area (Å²) in [4.78, 5) is 8.94. The van der Waals surface area contributed by atoms with Crippen molar-refractivity contribution in [3.8, 4) is 11.6 Å². The monoisotopic (exact) mass is 271 g/mol. The topological polar surface area (TPSA) is 47.0 Å². The Morgan fingerprint density at radius 3 is 2.50 bits per heavy atom. The third-order valence-electron chi connectivity index (χ3n) is 3.46. The first-order valence-corrected chi connectivity index (χ1v) is 6.86. The lowest BCUT2D eigenvalue weighted by Crippen LogP contribution is -2.05. The van der Waals surface area contributed by atoms with Crippen LogP contribution in [0.1, 0.15) is 29.4 Å². The van der Waals surface area contributed by atoms with E-state index in [1.807, 2.05) is 33.0 Å². The van der Waals surface area contributed by atoms with E-state index in [1.54, 1.807) is 0 Å². The van der Waals surface area contributed by atoms with Gasteiger partial charge in [0.25, 0.3) is 0 Å². The van der Waals surface area contributed by atoms with E-state index in [9.17, 15) is 0 Å². The minimum Gasteiger partial charge on any atom is -0.438 e. The van der Waals surface area contributed by atoms with Gasteiger partial charge in [0.05, 0.1) is 5.56 Å². The van der Waals surface area contributed by atoms with Gasteiger partial charge >= 0.3 is 0 Å². The molecular weight excluding hydrogens is 250 g/mol. The molecule has 1 aromatic carbocycles. The van der Waals surface area contributed by atoms with E-state index >= 15 is 0 Å². The van der Waals surface area contributed by atoms with E-state index in [1.165, 1.54) is 5.56 Å². The highest BCUT2D eigenvalue weighted by molar-refractivity contribution is 5.50. The molecule has 0 bridgehead atoms. The second-order valence-electron chi connectivity index (χ2n) is 4.82. The first-order chi connectivity index (χ1) is 9.56. The largest absolute Gasteiger partial charge is 0.438 e. The molecular formula is C16H21N3O. The molecule has 1 N–H and O–H groups in total. The maximum absolute atomic E-state index is 6.01. The Balaban J connectivity index is 2.45. The zero-order valence-corrected chi connectivity index (χ0v) is 12.7. The molecule has 0 spiro atoms. The summed E-state index contributed by atoms with van der Waals surface area (Å²) in [5, 5.41) is 3.09. The first-order valence-electron chi connectivity index (χ1n) is 6.86. The van der Waals surface area contributed by atoms with Crippen LogP contribution in [0.5, 0.6) is 11.6 Å². The van der Waals surface area contributed by atoms with Gasteiger partial charge in [-0.15, -0.1) is 0 Å². The molecule has 0 saturated carbocycles. The first kappa shape index (κ1) is 14.3. The van der Waals surface area contributed by atoms with Crippen LogP contribution in [-0.2, 0) is 6.42 Å². The van der Waals surface area contributed by atoms with Crippen LogP contribution in [-0.4, -0.2) is 17.0 Å². The summed E-state index contributed by atoms with van der Waals surface area (Å²) >= 11 is 0. The summed E-state index contributed by atoms with van der Waals surface area (Å²) in [6.07, 6.45) is 0.776. The average molecular weight is 271 g/mol. The van der Waals surface area contributed by atoms with Crippen molar-refractivity contribution in [2.45, 2.75) is 34.1 Å². The summed E-state index contributed by atoms with van der Waals surface area (Å²) in [5.74, 6) is 3.06. The number of nitrogens with one attached hydrogen (secondary N) is 1. The highest BCUT2D eigenvalue weighted by Crippen LogP contribution is 2.30. The van der Waals surface area contributed by atoms with Crippen molar-refractivity contribution < 1.29 is 4.74 Å². The van der Waals surface area contributed by atoms with Gasteiger partial charge in [-0.2, -0.15) is 4.98 Å². The Labute approximate surface area is 120 Å². The number of benzene rings is 1. The summed E-state index contributed by atoms with van der Waals surface area (Å²) in [5.41, 5.74) is 3.26. The minimum atomic E-state index is 0.620. The number of hydrogen-bond acceptors (Lipinski definition) is 4.